The van der Waals surface area contributed by atoms with Crippen molar-refractivity contribution in [3.63, 3.8) is 0 Å². The van der Waals surface area contributed by atoms with Crippen molar-refractivity contribution < 1.29 is 18.0 Å². The lowest BCUT2D eigenvalue weighted by Crippen LogP contribution is -2.14. The van der Waals surface area contributed by atoms with Crippen LogP contribution in [0.1, 0.15) is 21.6 Å². The van der Waals surface area contributed by atoms with Crippen molar-refractivity contribution >= 4 is 34.2 Å². The summed E-state index contributed by atoms with van der Waals surface area (Å²) in [6, 6.07) is 15.1. The Morgan fingerprint density at radius 2 is 1.80 bits per heavy atom. The lowest BCUT2D eigenvalue weighted by atomic mass is 10.1. The maximum absolute atomic E-state index is 12.8. The summed E-state index contributed by atoms with van der Waals surface area (Å²) < 4.78 is 39.9. The first-order valence-electron chi connectivity index (χ1n) is 8.86. The van der Waals surface area contributed by atoms with Crippen molar-refractivity contribution in [2.24, 2.45) is 0 Å². The van der Waals surface area contributed by atoms with Gasteiger partial charge in [-0.25, -0.2) is 0 Å². The molecule has 1 amide bonds. The minimum absolute atomic E-state index is 0.142. The van der Waals surface area contributed by atoms with E-state index in [1.165, 1.54) is 24.4 Å². The molecule has 4 rings (SSSR count). The molecule has 0 spiro atoms. The van der Waals surface area contributed by atoms with Crippen molar-refractivity contribution in [1.29, 1.82) is 0 Å². The van der Waals surface area contributed by atoms with Gasteiger partial charge in [-0.1, -0.05) is 35.9 Å². The minimum atomic E-state index is -4.39. The molecule has 5 nitrogen and oxygen atoms in total. The van der Waals surface area contributed by atoms with E-state index in [1.54, 1.807) is 22.9 Å². The number of alkyl halides is 3. The number of nitrogens with zero attached hydrogens (tertiary/aromatic N) is 3. The second-order valence-corrected chi connectivity index (χ2v) is 6.97. The molecular weight excluding hydrogens is 417 g/mol. The fraction of sp³-hybridized carbons (Fsp3) is 0.0952. The van der Waals surface area contributed by atoms with Crippen molar-refractivity contribution in [2.75, 3.05) is 5.32 Å². The van der Waals surface area contributed by atoms with Gasteiger partial charge in [0.15, 0.2) is 5.82 Å². The normalized spacial score (nSPS) is 11.6. The summed E-state index contributed by atoms with van der Waals surface area (Å²) in [5.74, 6) is -0.147. The fourth-order valence-corrected chi connectivity index (χ4v) is 3.17. The van der Waals surface area contributed by atoms with Crippen LogP contribution in [0, 0.1) is 0 Å². The van der Waals surface area contributed by atoms with E-state index >= 15 is 0 Å². The number of nitrogens with one attached hydrogen (secondary N) is 1. The zero-order valence-corrected chi connectivity index (χ0v) is 16.1. The van der Waals surface area contributed by atoms with Crippen LogP contribution in [0.3, 0.4) is 0 Å². The molecule has 0 saturated carbocycles. The maximum Gasteiger partial charge on any atom is 0.416 e. The minimum Gasteiger partial charge on any atom is -0.303 e. The van der Waals surface area contributed by atoms with E-state index in [9.17, 15) is 18.0 Å². The summed E-state index contributed by atoms with van der Waals surface area (Å²) in [5, 5.41) is 8.24. The van der Waals surface area contributed by atoms with Gasteiger partial charge in [0.25, 0.3) is 5.91 Å². The quantitative estimate of drug-likeness (QED) is 0.471. The van der Waals surface area contributed by atoms with E-state index in [1.807, 2.05) is 12.1 Å². The summed E-state index contributed by atoms with van der Waals surface area (Å²) in [5.41, 5.74) is 0.805. The van der Waals surface area contributed by atoms with Crippen molar-refractivity contribution in [2.45, 2.75) is 12.7 Å². The van der Waals surface area contributed by atoms with Gasteiger partial charge in [-0.2, -0.15) is 18.3 Å². The third kappa shape index (κ3) is 4.13. The number of carbonyl (C=O) groups excluding carboxylic acids is 1. The van der Waals surface area contributed by atoms with E-state index in [0.29, 0.717) is 21.8 Å². The Morgan fingerprint density at radius 3 is 2.50 bits per heavy atom. The zero-order chi connectivity index (χ0) is 21.3. The molecule has 0 fully saturated rings. The summed E-state index contributed by atoms with van der Waals surface area (Å²) in [4.78, 5) is 16.5. The Kier molecular flexibility index (Phi) is 5.17. The molecule has 0 saturated heterocycles. The number of amides is 1. The predicted octanol–water partition coefficient (Wildman–Crippen LogP) is 5.40. The van der Waals surface area contributed by atoms with Crippen LogP contribution in [0.2, 0.25) is 5.02 Å². The van der Waals surface area contributed by atoms with Crippen molar-refractivity contribution in [3.8, 4) is 0 Å². The Balaban J connectivity index is 1.63. The van der Waals surface area contributed by atoms with Crippen LogP contribution in [0.15, 0.2) is 66.9 Å². The molecule has 0 atom stereocenters. The highest BCUT2D eigenvalue weighted by molar-refractivity contribution is 6.31. The van der Waals surface area contributed by atoms with Crippen LogP contribution in [0.25, 0.3) is 10.9 Å². The van der Waals surface area contributed by atoms with E-state index in [-0.39, 0.29) is 12.2 Å². The van der Waals surface area contributed by atoms with Crippen molar-refractivity contribution in [1.82, 2.24) is 14.8 Å². The number of pyridine rings is 1. The maximum atomic E-state index is 12.8. The Morgan fingerprint density at radius 1 is 1.07 bits per heavy atom. The molecule has 0 aliphatic carbocycles. The summed E-state index contributed by atoms with van der Waals surface area (Å²) >= 11 is 5.91. The number of aromatic nitrogens is 3. The van der Waals surface area contributed by atoms with E-state index in [2.05, 4.69) is 15.4 Å². The highest BCUT2D eigenvalue weighted by Crippen LogP contribution is 2.29. The standard InChI is InChI=1S/C21H14ClF3N4O/c22-15-9-10-26-17(11-15)20(30)27-19-16-3-1-2-4-18(16)29(28-19)12-13-5-7-14(8-6-13)21(23,24)25/h1-11H,12H2,(H,27,28,30). The smallest absolute Gasteiger partial charge is 0.303 e. The van der Waals surface area contributed by atoms with Crippen LogP contribution >= 0.6 is 11.6 Å². The summed E-state index contributed by atoms with van der Waals surface area (Å²) in [7, 11) is 0. The van der Waals surface area contributed by atoms with Gasteiger partial charge in [0, 0.05) is 16.6 Å². The SMILES string of the molecule is O=C(Nc1nn(Cc2ccc(C(F)(F)F)cc2)c2ccccc12)c1cc(Cl)ccn1. The number of halogens is 4. The lowest BCUT2D eigenvalue weighted by molar-refractivity contribution is -0.137. The lowest BCUT2D eigenvalue weighted by Gasteiger charge is -2.08. The molecule has 0 radical (unpaired) electrons. The van der Waals surface area contributed by atoms with Crippen molar-refractivity contribution in [3.05, 3.63) is 88.7 Å². The number of anilines is 1. The Hall–Kier alpha value is -3.39. The van der Waals surface area contributed by atoms with Crippen LogP contribution in [-0.4, -0.2) is 20.7 Å². The first-order chi connectivity index (χ1) is 14.3. The molecule has 2 heterocycles. The van der Waals surface area contributed by atoms with Gasteiger partial charge < -0.3 is 5.32 Å². The molecule has 152 valence electrons. The molecule has 2 aromatic heterocycles. The molecule has 30 heavy (non-hydrogen) atoms. The highest BCUT2D eigenvalue weighted by Gasteiger charge is 2.30. The molecule has 1 N–H and O–H groups in total. The van der Waals surface area contributed by atoms with Crippen LogP contribution in [0.4, 0.5) is 19.0 Å². The van der Waals surface area contributed by atoms with Gasteiger partial charge in [-0.15, -0.1) is 0 Å². The van der Waals surface area contributed by atoms with Crippen LogP contribution < -0.4 is 5.32 Å². The van der Waals surface area contributed by atoms with Gasteiger partial charge in [0.05, 0.1) is 17.6 Å². The molecule has 9 heteroatoms. The molecule has 0 aliphatic heterocycles. The van der Waals surface area contributed by atoms with Crippen LogP contribution in [0.5, 0.6) is 0 Å². The number of hydrogen-bond donors (Lipinski definition) is 1. The zero-order valence-electron chi connectivity index (χ0n) is 15.3. The molecule has 0 bridgehead atoms. The van der Waals surface area contributed by atoms with E-state index in [4.69, 9.17) is 11.6 Å². The molecule has 0 aliphatic rings. The van der Waals surface area contributed by atoms with E-state index < -0.39 is 17.6 Å². The Bertz CT molecular complexity index is 1220. The summed E-state index contributed by atoms with van der Waals surface area (Å²) in [6.45, 7) is 0.240. The second-order valence-electron chi connectivity index (χ2n) is 6.53. The summed E-state index contributed by atoms with van der Waals surface area (Å²) in [6.07, 6.45) is -2.96. The number of rotatable bonds is 4. The van der Waals surface area contributed by atoms with Crippen LogP contribution in [-0.2, 0) is 12.7 Å². The number of benzene rings is 2. The largest absolute Gasteiger partial charge is 0.416 e. The molecule has 0 unspecified atom stereocenters. The van der Waals surface area contributed by atoms with Gasteiger partial charge in [-0.05, 0) is 42.0 Å². The molecule has 2 aromatic carbocycles. The number of para-hydroxylation sites is 1. The first-order valence-corrected chi connectivity index (χ1v) is 9.23. The number of carbonyl (C=O) groups is 1. The average molecular weight is 431 g/mol. The molecular formula is C21H14ClF3N4O. The van der Waals surface area contributed by atoms with E-state index in [0.717, 1.165) is 17.6 Å². The predicted molar refractivity (Wildman–Crippen MR) is 107 cm³/mol. The Labute approximate surface area is 174 Å². The first kappa shape index (κ1) is 19.9. The number of fused-ring (bicyclic) bond motifs is 1. The fourth-order valence-electron chi connectivity index (χ4n) is 3.01. The highest BCUT2D eigenvalue weighted by atomic mass is 35.5. The third-order valence-corrected chi connectivity index (χ3v) is 4.69. The van der Waals surface area contributed by atoms with Gasteiger partial charge >= 0.3 is 6.18 Å². The number of hydrogen-bond acceptors (Lipinski definition) is 3. The monoisotopic (exact) mass is 430 g/mol. The van der Waals surface area contributed by atoms with Gasteiger partial charge in [0.2, 0.25) is 0 Å². The second kappa shape index (κ2) is 7.79. The van der Waals surface area contributed by atoms with Gasteiger partial charge in [-0.3, -0.25) is 14.5 Å². The molecule has 4 aromatic rings. The third-order valence-electron chi connectivity index (χ3n) is 4.46. The average Bonchev–Trinajstić information content (AvgIpc) is 3.05. The topological polar surface area (TPSA) is 59.8 Å². The van der Waals surface area contributed by atoms with Gasteiger partial charge in [0.1, 0.15) is 5.69 Å².